The Bertz CT molecular complexity index is 472. The van der Waals surface area contributed by atoms with Crippen molar-refractivity contribution in [3.05, 3.63) is 12.7 Å². The maximum Gasteiger partial charge on any atom is 0.193 e. The van der Waals surface area contributed by atoms with E-state index in [0.29, 0.717) is 12.0 Å². The number of rotatable bonds is 4. The van der Waals surface area contributed by atoms with Gasteiger partial charge in [0.2, 0.25) is 0 Å². The number of nitrogens with one attached hydrogen (secondary N) is 1. The molecule has 1 aromatic heterocycles. The second-order valence-corrected chi connectivity index (χ2v) is 5.87. The molecule has 2 aliphatic heterocycles. The number of aliphatic imine (C=N–C) groups is 1. The highest BCUT2D eigenvalue weighted by atomic mass is 127. The van der Waals surface area contributed by atoms with E-state index in [2.05, 4.69) is 27.2 Å². The van der Waals surface area contributed by atoms with Gasteiger partial charge in [-0.3, -0.25) is 9.67 Å². The first-order valence-corrected chi connectivity index (χ1v) is 7.75. The third-order valence-electron chi connectivity index (χ3n) is 4.31. The van der Waals surface area contributed by atoms with Gasteiger partial charge in [-0.2, -0.15) is 5.10 Å². The fraction of sp³-hybridized carbons (Fsp3) is 0.786. The number of nitrogens with zero attached hydrogens (tertiary/aromatic N) is 5. The van der Waals surface area contributed by atoms with Crippen LogP contribution in [0.15, 0.2) is 17.6 Å². The van der Waals surface area contributed by atoms with Gasteiger partial charge in [0.05, 0.1) is 19.7 Å². The molecule has 0 bridgehead atoms. The smallest absolute Gasteiger partial charge is 0.193 e. The Morgan fingerprint density at radius 1 is 1.45 bits per heavy atom. The van der Waals surface area contributed by atoms with Crippen molar-refractivity contribution in [1.29, 1.82) is 0 Å². The number of ether oxygens (including phenoxy) is 1. The number of guanidine groups is 1. The van der Waals surface area contributed by atoms with Gasteiger partial charge in [-0.25, -0.2) is 4.98 Å². The summed E-state index contributed by atoms with van der Waals surface area (Å²) in [6.45, 7) is 8.42. The molecule has 1 unspecified atom stereocenters. The molecular weight excluding hydrogens is 395 g/mol. The third-order valence-corrected chi connectivity index (χ3v) is 4.31. The number of halogens is 1. The molecule has 124 valence electrons. The van der Waals surface area contributed by atoms with E-state index in [9.17, 15) is 0 Å². The highest BCUT2D eigenvalue weighted by Crippen LogP contribution is 2.38. The summed E-state index contributed by atoms with van der Waals surface area (Å²) in [6.07, 6.45) is 5.67. The Hall–Kier alpha value is -0.900. The van der Waals surface area contributed by atoms with Crippen molar-refractivity contribution >= 4 is 29.9 Å². The Kier molecular flexibility index (Phi) is 6.42. The molecule has 2 aliphatic rings. The van der Waals surface area contributed by atoms with Gasteiger partial charge < -0.3 is 15.0 Å². The molecule has 2 fully saturated rings. The second kappa shape index (κ2) is 8.09. The van der Waals surface area contributed by atoms with Crippen LogP contribution >= 0.6 is 24.0 Å². The maximum absolute atomic E-state index is 5.59. The molecule has 0 aromatic carbocycles. The van der Waals surface area contributed by atoms with Gasteiger partial charge in [-0.15, -0.1) is 24.0 Å². The van der Waals surface area contributed by atoms with E-state index < -0.39 is 0 Å². The number of likely N-dealkylation sites (tertiary alicyclic amines) is 1. The number of hydrogen-bond donors (Lipinski definition) is 1. The van der Waals surface area contributed by atoms with Crippen LogP contribution in [0.5, 0.6) is 0 Å². The van der Waals surface area contributed by atoms with Crippen LogP contribution in [-0.2, 0) is 11.3 Å². The van der Waals surface area contributed by atoms with Crippen molar-refractivity contribution in [2.24, 2.45) is 10.4 Å². The fourth-order valence-electron chi connectivity index (χ4n) is 3.12. The summed E-state index contributed by atoms with van der Waals surface area (Å²) < 4.78 is 7.40. The molecule has 3 heterocycles. The van der Waals surface area contributed by atoms with E-state index in [1.165, 1.54) is 12.8 Å². The van der Waals surface area contributed by atoms with E-state index in [-0.39, 0.29) is 24.0 Å². The summed E-state index contributed by atoms with van der Waals surface area (Å²) in [6, 6.07) is 0. The molecule has 0 saturated carbocycles. The van der Waals surface area contributed by atoms with Crippen LogP contribution in [0.2, 0.25) is 0 Å². The molecule has 1 aromatic rings. The summed E-state index contributed by atoms with van der Waals surface area (Å²) >= 11 is 0. The summed E-state index contributed by atoms with van der Waals surface area (Å²) in [5, 5.41) is 7.50. The molecule has 1 atom stereocenters. The van der Waals surface area contributed by atoms with Gasteiger partial charge in [0.15, 0.2) is 5.96 Å². The Morgan fingerprint density at radius 3 is 3.05 bits per heavy atom. The summed E-state index contributed by atoms with van der Waals surface area (Å²) in [5.41, 5.74) is 0.363. The van der Waals surface area contributed by atoms with Gasteiger partial charge in [-0.05, 0) is 19.8 Å². The Morgan fingerprint density at radius 2 is 2.36 bits per heavy atom. The summed E-state index contributed by atoms with van der Waals surface area (Å²) in [5.74, 6) is 1.02. The lowest BCUT2D eigenvalue weighted by molar-refractivity contribution is 0.156. The molecule has 1 N–H and O–H groups in total. The summed E-state index contributed by atoms with van der Waals surface area (Å²) in [7, 11) is 0. The van der Waals surface area contributed by atoms with Crippen LogP contribution in [0.1, 0.15) is 19.8 Å². The van der Waals surface area contributed by atoms with Crippen LogP contribution in [0.25, 0.3) is 0 Å². The molecule has 0 radical (unpaired) electrons. The Labute approximate surface area is 148 Å². The quantitative estimate of drug-likeness (QED) is 0.447. The average molecular weight is 420 g/mol. The second-order valence-electron chi connectivity index (χ2n) is 5.87. The zero-order valence-electron chi connectivity index (χ0n) is 13.1. The van der Waals surface area contributed by atoms with Crippen LogP contribution in [-0.4, -0.2) is 65.0 Å². The molecular formula is C14H25IN6O. The van der Waals surface area contributed by atoms with Crippen LogP contribution in [0, 0.1) is 5.41 Å². The van der Waals surface area contributed by atoms with Gasteiger partial charge in [0, 0.05) is 31.7 Å². The zero-order chi connectivity index (χ0) is 14.5. The minimum atomic E-state index is 0. The molecule has 2 saturated heterocycles. The predicted octanol–water partition coefficient (Wildman–Crippen LogP) is 0.974. The average Bonchev–Trinajstić information content (AvgIpc) is 3.22. The minimum Gasteiger partial charge on any atom is -0.381 e. The first-order valence-electron chi connectivity index (χ1n) is 7.75. The standard InChI is InChI=1S/C14H24N6O.HI/c1-2-16-13(17-5-7-20-12-15-11-18-20)19-6-3-14(9-19)4-8-21-10-14;/h11-12H,2-10H2,1H3,(H,16,17);1H. The van der Waals surface area contributed by atoms with Crippen molar-refractivity contribution in [2.45, 2.75) is 26.3 Å². The summed E-state index contributed by atoms with van der Waals surface area (Å²) in [4.78, 5) is 11.0. The van der Waals surface area contributed by atoms with Crippen LogP contribution < -0.4 is 5.32 Å². The van der Waals surface area contributed by atoms with Gasteiger partial charge in [0.1, 0.15) is 12.7 Å². The highest BCUT2D eigenvalue weighted by Gasteiger charge is 2.42. The van der Waals surface area contributed by atoms with E-state index in [0.717, 1.165) is 45.4 Å². The lowest BCUT2D eigenvalue weighted by atomic mass is 9.87. The molecule has 22 heavy (non-hydrogen) atoms. The predicted molar refractivity (Wildman–Crippen MR) is 95.5 cm³/mol. The first-order chi connectivity index (χ1) is 10.3. The van der Waals surface area contributed by atoms with Gasteiger partial charge >= 0.3 is 0 Å². The number of aromatic nitrogens is 3. The SMILES string of the molecule is CCNC(=NCCn1cncn1)N1CCC2(CCOC2)C1.I. The van der Waals surface area contributed by atoms with Crippen LogP contribution in [0.4, 0.5) is 0 Å². The van der Waals surface area contributed by atoms with E-state index in [1.54, 1.807) is 12.7 Å². The molecule has 1 spiro atoms. The van der Waals surface area contributed by atoms with Gasteiger partial charge in [-0.1, -0.05) is 0 Å². The molecule has 0 aliphatic carbocycles. The van der Waals surface area contributed by atoms with Crippen molar-refractivity contribution in [2.75, 3.05) is 39.4 Å². The molecule has 0 amide bonds. The van der Waals surface area contributed by atoms with Gasteiger partial charge in [0.25, 0.3) is 0 Å². The first kappa shape index (κ1) is 17.5. The number of hydrogen-bond acceptors (Lipinski definition) is 4. The van der Waals surface area contributed by atoms with Crippen molar-refractivity contribution in [3.63, 3.8) is 0 Å². The van der Waals surface area contributed by atoms with Crippen LogP contribution in [0.3, 0.4) is 0 Å². The van der Waals surface area contributed by atoms with Crippen molar-refractivity contribution in [1.82, 2.24) is 25.0 Å². The van der Waals surface area contributed by atoms with E-state index in [4.69, 9.17) is 9.73 Å². The fourth-order valence-corrected chi connectivity index (χ4v) is 3.12. The lowest BCUT2D eigenvalue weighted by Gasteiger charge is -2.24. The van der Waals surface area contributed by atoms with E-state index >= 15 is 0 Å². The molecule has 8 heteroatoms. The normalized spacial score (nSPS) is 24.8. The molecule has 3 rings (SSSR count). The van der Waals surface area contributed by atoms with Crippen molar-refractivity contribution in [3.8, 4) is 0 Å². The van der Waals surface area contributed by atoms with E-state index in [1.807, 2.05) is 4.68 Å². The minimum absolute atomic E-state index is 0. The maximum atomic E-state index is 5.59. The lowest BCUT2D eigenvalue weighted by Crippen LogP contribution is -2.41. The monoisotopic (exact) mass is 420 g/mol. The zero-order valence-corrected chi connectivity index (χ0v) is 15.4. The van der Waals surface area contributed by atoms with Crippen molar-refractivity contribution < 1.29 is 4.74 Å². The largest absolute Gasteiger partial charge is 0.381 e. The molecule has 7 nitrogen and oxygen atoms in total. The highest BCUT2D eigenvalue weighted by molar-refractivity contribution is 14.0. The Balaban J connectivity index is 0.00000176. The topological polar surface area (TPSA) is 67.6 Å². The third kappa shape index (κ3) is 4.09.